The normalized spacial score (nSPS) is 22.1. The number of urea groups is 1. The summed E-state index contributed by atoms with van der Waals surface area (Å²) >= 11 is 0. The van der Waals surface area contributed by atoms with Gasteiger partial charge in [0, 0.05) is 13.1 Å². The summed E-state index contributed by atoms with van der Waals surface area (Å²) in [6, 6.07) is -0.695. The zero-order valence-corrected chi connectivity index (χ0v) is 11.8. The fourth-order valence-electron chi connectivity index (χ4n) is 2.67. The minimum Gasteiger partial charge on any atom is -0.481 e. The number of nitrogens with one attached hydrogen (secondary N) is 1. The molecule has 1 fully saturated rings. The lowest BCUT2D eigenvalue weighted by atomic mass is 9.79. The Labute approximate surface area is 122 Å². The molecule has 0 radical (unpaired) electrons. The lowest BCUT2D eigenvalue weighted by molar-refractivity contribution is -0.144. The van der Waals surface area contributed by atoms with Crippen LogP contribution >= 0.6 is 0 Å². The fraction of sp³-hybridized carbons (Fsp3) is 0.846. The van der Waals surface area contributed by atoms with Gasteiger partial charge in [0.1, 0.15) is 0 Å². The van der Waals surface area contributed by atoms with Crippen LogP contribution in [0.5, 0.6) is 0 Å². The Balaban J connectivity index is 2.50. The van der Waals surface area contributed by atoms with Gasteiger partial charge in [0.25, 0.3) is 6.43 Å². The molecule has 6 nitrogen and oxygen atoms in total. The zero-order chi connectivity index (χ0) is 15.8. The van der Waals surface area contributed by atoms with Crippen LogP contribution < -0.4 is 5.32 Å². The molecule has 0 saturated heterocycles. The highest BCUT2D eigenvalue weighted by Crippen LogP contribution is 2.29. The number of carboxylic acid groups (broad SMARTS) is 1. The standard InChI is InChI=1S/C13H22F2N2O4/c14-11(15)8-17(5-6-18)13(21)16-7-9-3-1-2-4-10(9)12(19)20/h9-11,18H,1-8H2,(H,16,21)(H,19,20). The third kappa shape index (κ3) is 5.82. The van der Waals surface area contributed by atoms with E-state index in [2.05, 4.69) is 5.32 Å². The summed E-state index contributed by atoms with van der Waals surface area (Å²) in [7, 11) is 0. The number of aliphatic carboxylic acids is 1. The molecule has 0 aliphatic heterocycles. The Morgan fingerprint density at radius 1 is 1.29 bits per heavy atom. The highest BCUT2D eigenvalue weighted by Gasteiger charge is 2.31. The lowest BCUT2D eigenvalue weighted by Gasteiger charge is -2.30. The molecule has 2 unspecified atom stereocenters. The van der Waals surface area contributed by atoms with E-state index in [1.165, 1.54) is 0 Å². The van der Waals surface area contributed by atoms with Gasteiger partial charge in [-0.25, -0.2) is 13.6 Å². The summed E-state index contributed by atoms with van der Waals surface area (Å²) in [5.41, 5.74) is 0. The van der Waals surface area contributed by atoms with Crippen molar-refractivity contribution in [3.8, 4) is 0 Å². The van der Waals surface area contributed by atoms with E-state index >= 15 is 0 Å². The van der Waals surface area contributed by atoms with Crippen LogP contribution in [0.3, 0.4) is 0 Å². The Kier molecular flexibility index (Phi) is 7.35. The van der Waals surface area contributed by atoms with Crippen LogP contribution in [0.25, 0.3) is 0 Å². The monoisotopic (exact) mass is 308 g/mol. The zero-order valence-electron chi connectivity index (χ0n) is 11.8. The number of nitrogens with zero attached hydrogens (tertiary/aromatic N) is 1. The van der Waals surface area contributed by atoms with Crippen LogP contribution in [0.15, 0.2) is 0 Å². The molecule has 0 aromatic rings. The highest BCUT2D eigenvalue weighted by atomic mass is 19.3. The summed E-state index contributed by atoms with van der Waals surface area (Å²) in [6.07, 6.45) is 0.355. The molecule has 0 aromatic heterocycles. The van der Waals surface area contributed by atoms with Crippen molar-refractivity contribution in [2.24, 2.45) is 11.8 Å². The molecule has 1 rings (SSSR count). The topological polar surface area (TPSA) is 89.9 Å². The maximum absolute atomic E-state index is 12.4. The lowest BCUT2D eigenvalue weighted by Crippen LogP contribution is -2.46. The molecule has 0 bridgehead atoms. The predicted molar refractivity (Wildman–Crippen MR) is 71.1 cm³/mol. The Morgan fingerprint density at radius 2 is 1.95 bits per heavy atom. The molecule has 0 spiro atoms. The second-order valence-electron chi connectivity index (χ2n) is 5.24. The van der Waals surface area contributed by atoms with Crippen molar-refractivity contribution in [3.63, 3.8) is 0 Å². The maximum atomic E-state index is 12.4. The summed E-state index contributed by atoms with van der Waals surface area (Å²) in [4.78, 5) is 23.8. The first kappa shape index (κ1) is 17.6. The van der Waals surface area contributed by atoms with Gasteiger partial charge in [-0.2, -0.15) is 0 Å². The number of amides is 2. The van der Waals surface area contributed by atoms with Crippen molar-refractivity contribution in [3.05, 3.63) is 0 Å². The number of carbonyl (C=O) groups is 2. The van der Waals surface area contributed by atoms with Crippen LogP contribution in [0.4, 0.5) is 13.6 Å². The molecule has 122 valence electrons. The SMILES string of the molecule is O=C(O)C1CCCCC1CNC(=O)N(CCO)CC(F)F. The van der Waals surface area contributed by atoms with Crippen LogP contribution in [0, 0.1) is 11.8 Å². The number of hydrogen-bond acceptors (Lipinski definition) is 3. The molecule has 8 heteroatoms. The number of aliphatic hydroxyl groups is 1. The molecular formula is C13H22F2N2O4. The second kappa shape index (κ2) is 8.76. The van der Waals surface area contributed by atoms with Crippen LogP contribution in [-0.2, 0) is 4.79 Å². The molecule has 21 heavy (non-hydrogen) atoms. The molecule has 1 saturated carbocycles. The maximum Gasteiger partial charge on any atom is 0.317 e. The molecule has 1 aliphatic carbocycles. The van der Waals surface area contributed by atoms with Crippen molar-refractivity contribution in [2.75, 3.05) is 26.2 Å². The molecule has 0 aromatic carbocycles. The summed E-state index contributed by atoms with van der Waals surface area (Å²) < 4.78 is 24.7. The average Bonchev–Trinajstić information content (AvgIpc) is 2.44. The third-order valence-electron chi connectivity index (χ3n) is 3.76. The quantitative estimate of drug-likeness (QED) is 0.658. The van der Waals surface area contributed by atoms with Gasteiger partial charge in [-0.15, -0.1) is 0 Å². The van der Waals surface area contributed by atoms with Gasteiger partial charge in [-0.3, -0.25) is 4.79 Å². The van der Waals surface area contributed by atoms with Gasteiger partial charge in [0.05, 0.1) is 19.1 Å². The Hall–Kier alpha value is -1.44. The average molecular weight is 308 g/mol. The van der Waals surface area contributed by atoms with Crippen molar-refractivity contribution in [1.29, 1.82) is 0 Å². The molecule has 2 atom stereocenters. The van der Waals surface area contributed by atoms with Crippen LogP contribution in [0.2, 0.25) is 0 Å². The summed E-state index contributed by atoms with van der Waals surface area (Å²) in [5, 5.41) is 20.4. The van der Waals surface area contributed by atoms with E-state index in [4.69, 9.17) is 10.2 Å². The minimum atomic E-state index is -2.68. The van der Waals surface area contributed by atoms with Crippen molar-refractivity contribution in [1.82, 2.24) is 10.2 Å². The van der Waals surface area contributed by atoms with E-state index in [0.29, 0.717) is 12.8 Å². The van der Waals surface area contributed by atoms with E-state index in [1.54, 1.807) is 0 Å². The first-order valence-electron chi connectivity index (χ1n) is 7.10. The summed E-state index contributed by atoms with van der Waals surface area (Å²) in [6.45, 7) is -1.18. The third-order valence-corrected chi connectivity index (χ3v) is 3.76. The van der Waals surface area contributed by atoms with E-state index in [9.17, 15) is 18.4 Å². The number of hydrogen-bond donors (Lipinski definition) is 3. The van der Waals surface area contributed by atoms with E-state index in [0.717, 1.165) is 17.7 Å². The van der Waals surface area contributed by atoms with Gasteiger partial charge >= 0.3 is 12.0 Å². The van der Waals surface area contributed by atoms with Crippen LogP contribution in [0.1, 0.15) is 25.7 Å². The molecule has 2 amide bonds. The highest BCUT2D eigenvalue weighted by molar-refractivity contribution is 5.74. The number of aliphatic hydroxyl groups excluding tert-OH is 1. The largest absolute Gasteiger partial charge is 0.481 e. The number of carboxylic acids is 1. The van der Waals surface area contributed by atoms with Gasteiger partial charge in [-0.1, -0.05) is 12.8 Å². The Bertz CT molecular complexity index is 355. The van der Waals surface area contributed by atoms with Gasteiger partial charge in [0.15, 0.2) is 0 Å². The fourth-order valence-corrected chi connectivity index (χ4v) is 2.67. The second-order valence-corrected chi connectivity index (χ2v) is 5.24. The summed E-state index contributed by atoms with van der Waals surface area (Å²) in [5.74, 6) is -1.56. The van der Waals surface area contributed by atoms with Gasteiger partial charge in [0.2, 0.25) is 0 Å². The molecule has 0 heterocycles. The molecular weight excluding hydrogens is 286 g/mol. The van der Waals surface area contributed by atoms with Gasteiger partial charge < -0.3 is 20.4 Å². The van der Waals surface area contributed by atoms with E-state index < -0.39 is 37.5 Å². The number of alkyl halides is 2. The predicted octanol–water partition coefficient (Wildman–Crippen LogP) is 1.15. The van der Waals surface area contributed by atoms with Crippen LogP contribution in [-0.4, -0.2) is 59.8 Å². The first-order valence-corrected chi connectivity index (χ1v) is 7.10. The smallest absolute Gasteiger partial charge is 0.317 e. The van der Waals surface area contributed by atoms with E-state index in [1.807, 2.05) is 0 Å². The van der Waals surface area contributed by atoms with Crippen molar-refractivity contribution < 1.29 is 28.6 Å². The first-order chi connectivity index (χ1) is 9.95. The van der Waals surface area contributed by atoms with Crippen molar-refractivity contribution >= 4 is 12.0 Å². The Morgan fingerprint density at radius 3 is 2.52 bits per heavy atom. The number of rotatable bonds is 7. The molecule has 3 N–H and O–H groups in total. The van der Waals surface area contributed by atoms with E-state index in [-0.39, 0.29) is 19.0 Å². The van der Waals surface area contributed by atoms with Crippen molar-refractivity contribution in [2.45, 2.75) is 32.1 Å². The van der Waals surface area contributed by atoms with Gasteiger partial charge in [-0.05, 0) is 18.8 Å². The number of carbonyl (C=O) groups excluding carboxylic acids is 1. The minimum absolute atomic E-state index is 0.154. The number of halogens is 2. The molecule has 1 aliphatic rings.